The Bertz CT molecular complexity index is 532. The van der Waals surface area contributed by atoms with E-state index >= 15 is 0 Å². The van der Waals surface area contributed by atoms with E-state index < -0.39 is 0 Å². The molecule has 0 amide bonds. The average molecular weight is 283 g/mol. The van der Waals surface area contributed by atoms with Crippen LogP contribution in [0.2, 0.25) is 0 Å². The van der Waals surface area contributed by atoms with Crippen molar-refractivity contribution in [1.82, 2.24) is 9.88 Å². The number of nitrogens with zero attached hydrogens (tertiary/aromatic N) is 2. The van der Waals surface area contributed by atoms with Gasteiger partial charge in [-0.2, -0.15) is 0 Å². The maximum absolute atomic E-state index is 13.1. The first kappa shape index (κ1) is 14.2. The highest BCUT2D eigenvalue weighted by Gasteiger charge is 2.04. The minimum absolute atomic E-state index is 0.220. The second kappa shape index (κ2) is 6.79. The third-order valence-corrected chi connectivity index (χ3v) is 3.77. The number of hydrogen-bond donors (Lipinski definition) is 1. The zero-order chi connectivity index (χ0) is 13.7. The standard InChI is InChI=1S/C13H18FN3OS/c1-17(7-8-18-2)6-5-15-13-16-11-4-3-10(14)9-12(11)19-13/h3-4,9H,5-8H2,1-2H3,(H,15,16). The molecular weight excluding hydrogens is 265 g/mol. The quantitative estimate of drug-likeness (QED) is 0.847. The fraction of sp³-hybridized carbons (Fsp3) is 0.462. The molecule has 0 spiro atoms. The van der Waals surface area contributed by atoms with E-state index in [1.54, 1.807) is 13.2 Å². The molecule has 104 valence electrons. The van der Waals surface area contributed by atoms with Crippen molar-refractivity contribution in [3.8, 4) is 0 Å². The van der Waals surface area contributed by atoms with Crippen LogP contribution < -0.4 is 5.32 Å². The average Bonchev–Trinajstić information content (AvgIpc) is 2.78. The van der Waals surface area contributed by atoms with Crippen molar-refractivity contribution in [1.29, 1.82) is 0 Å². The minimum atomic E-state index is -0.220. The van der Waals surface area contributed by atoms with Gasteiger partial charge in [-0.05, 0) is 25.2 Å². The summed E-state index contributed by atoms with van der Waals surface area (Å²) in [5.41, 5.74) is 0.835. The number of anilines is 1. The van der Waals surface area contributed by atoms with Crippen LogP contribution >= 0.6 is 11.3 Å². The van der Waals surface area contributed by atoms with Gasteiger partial charge in [0.05, 0.1) is 16.8 Å². The lowest BCUT2D eigenvalue weighted by Gasteiger charge is -2.15. The first-order valence-electron chi connectivity index (χ1n) is 6.16. The predicted molar refractivity (Wildman–Crippen MR) is 77.4 cm³/mol. The van der Waals surface area contributed by atoms with Crippen LogP contribution in [0.15, 0.2) is 18.2 Å². The molecule has 1 N–H and O–H groups in total. The van der Waals surface area contributed by atoms with Gasteiger partial charge >= 0.3 is 0 Å². The molecule has 2 aromatic rings. The van der Waals surface area contributed by atoms with Gasteiger partial charge in [0, 0.05) is 26.7 Å². The molecule has 0 unspecified atom stereocenters. The molecule has 0 aliphatic rings. The molecule has 19 heavy (non-hydrogen) atoms. The van der Waals surface area contributed by atoms with Gasteiger partial charge in [-0.15, -0.1) is 0 Å². The normalized spacial score (nSPS) is 11.4. The molecule has 1 aromatic carbocycles. The van der Waals surface area contributed by atoms with E-state index in [2.05, 4.69) is 22.2 Å². The van der Waals surface area contributed by atoms with Gasteiger partial charge in [-0.3, -0.25) is 0 Å². The van der Waals surface area contributed by atoms with Crippen molar-refractivity contribution < 1.29 is 9.13 Å². The summed E-state index contributed by atoms with van der Waals surface area (Å²) in [4.78, 5) is 6.59. The van der Waals surface area contributed by atoms with Crippen LogP contribution in [-0.4, -0.2) is 50.3 Å². The number of fused-ring (bicyclic) bond motifs is 1. The molecule has 4 nitrogen and oxygen atoms in total. The molecule has 1 aromatic heterocycles. The number of halogens is 1. The summed E-state index contributed by atoms with van der Waals surface area (Å²) in [6, 6.07) is 4.66. The number of ether oxygens (including phenoxy) is 1. The number of likely N-dealkylation sites (N-methyl/N-ethyl adjacent to an activating group) is 1. The van der Waals surface area contributed by atoms with Crippen molar-refractivity contribution >= 4 is 26.7 Å². The molecule has 0 aliphatic heterocycles. The first-order chi connectivity index (χ1) is 9.19. The third-order valence-electron chi connectivity index (χ3n) is 2.80. The number of methoxy groups -OCH3 is 1. The van der Waals surface area contributed by atoms with E-state index in [0.717, 1.165) is 41.6 Å². The van der Waals surface area contributed by atoms with Gasteiger partial charge in [0.1, 0.15) is 5.82 Å². The molecule has 0 atom stereocenters. The Morgan fingerprint density at radius 3 is 3.05 bits per heavy atom. The molecule has 6 heteroatoms. The number of thiazole rings is 1. The van der Waals surface area contributed by atoms with Crippen LogP contribution in [0.1, 0.15) is 0 Å². The largest absolute Gasteiger partial charge is 0.383 e. The summed E-state index contributed by atoms with van der Waals surface area (Å²) in [6.07, 6.45) is 0. The monoisotopic (exact) mass is 283 g/mol. The maximum Gasteiger partial charge on any atom is 0.183 e. The third kappa shape index (κ3) is 4.12. The van der Waals surface area contributed by atoms with Crippen LogP contribution in [0.25, 0.3) is 10.2 Å². The van der Waals surface area contributed by atoms with Crippen LogP contribution in [0, 0.1) is 5.82 Å². The second-order valence-electron chi connectivity index (χ2n) is 4.35. The van der Waals surface area contributed by atoms with Crippen LogP contribution in [0.3, 0.4) is 0 Å². The molecule has 0 saturated heterocycles. The van der Waals surface area contributed by atoms with E-state index in [1.165, 1.54) is 23.5 Å². The number of rotatable bonds is 7. The Balaban J connectivity index is 1.84. The summed E-state index contributed by atoms with van der Waals surface area (Å²) < 4.78 is 19.0. The van der Waals surface area contributed by atoms with Crippen LogP contribution in [0.5, 0.6) is 0 Å². The molecule has 1 heterocycles. The lowest BCUT2D eigenvalue weighted by Crippen LogP contribution is -2.28. The molecule has 0 radical (unpaired) electrons. The van der Waals surface area contributed by atoms with E-state index in [9.17, 15) is 4.39 Å². The lowest BCUT2D eigenvalue weighted by molar-refractivity contribution is 0.163. The second-order valence-corrected chi connectivity index (χ2v) is 5.38. The topological polar surface area (TPSA) is 37.4 Å². The molecule has 0 saturated carbocycles. The van der Waals surface area contributed by atoms with Crippen LogP contribution in [-0.2, 0) is 4.74 Å². The number of aromatic nitrogens is 1. The van der Waals surface area contributed by atoms with Gasteiger partial charge < -0.3 is 15.0 Å². The molecular formula is C13H18FN3OS. The summed E-state index contributed by atoms with van der Waals surface area (Å²) in [5, 5.41) is 4.10. The molecule has 0 bridgehead atoms. The van der Waals surface area contributed by atoms with Crippen molar-refractivity contribution in [2.24, 2.45) is 0 Å². The Morgan fingerprint density at radius 2 is 2.26 bits per heavy atom. The minimum Gasteiger partial charge on any atom is -0.383 e. The first-order valence-corrected chi connectivity index (χ1v) is 6.98. The zero-order valence-corrected chi connectivity index (χ0v) is 12.0. The van der Waals surface area contributed by atoms with Gasteiger partial charge in [0.15, 0.2) is 5.13 Å². The molecule has 0 aliphatic carbocycles. The van der Waals surface area contributed by atoms with Gasteiger partial charge in [-0.1, -0.05) is 11.3 Å². The van der Waals surface area contributed by atoms with Crippen molar-refractivity contribution in [3.63, 3.8) is 0 Å². The number of nitrogens with one attached hydrogen (secondary N) is 1. The highest BCUT2D eigenvalue weighted by atomic mass is 32.1. The summed E-state index contributed by atoms with van der Waals surface area (Å²) >= 11 is 1.48. The fourth-order valence-electron chi connectivity index (χ4n) is 1.69. The highest BCUT2D eigenvalue weighted by Crippen LogP contribution is 2.26. The van der Waals surface area contributed by atoms with Crippen molar-refractivity contribution in [2.75, 3.05) is 45.7 Å². The Morgan fingerprint density at radius 1 is 1.42 bits per heavy atom. The van der Waals surface area contributed by atoms with Crippen molar-refractivity contribution in [2.45, 2.75) is 0 Å². The molecule has 2 rings (SSSR count). The Labute approximate surface area is 116 Å². The Hall–Kier alpha value is -1.24. The van der Waals surface area contributed by atoms with E-state index in [-0.39, 0.29) is 5.82 Å². The SMILES string of the molecule is COCCN(C)CCNc1nc2ccc(F)cc2s1. The number of benzene rings is 1. The fourth-order valence-corrected chi connectivity index (χ4v) is 2.60. The highest BCUT2D eigenvalue weighted by molar-refractivity contribution is 7.22. The van der Waals surface area contributed by atoms with Gasteiger partial charge in [-0.25, -0.2) is 9.37 Å². The van der Waals surface area contributed by atoms with Crippen LogP contribution in [0.4, 0.5) is 9.52 Å². The van der Waals surface area contributed by atoms with E-state index in [1.807, 2.05) is 0 Å². The maximum atomic E-state index is 13.1. The van der Waals surface area contributed by atoms with Gasteiger partial charge in [0.25, 0.3) is 0 Å². The van der Waals surface area contributed by atoms with E-state index in [0.29, 0.717) is 0 Å². The van der Waals surface area contributed by atoms with Gasteiger partial charge in [0.2, 0.25) is 0 Å². The van der Waals surface area contributed by atoms with E-state index in [4.69, 9.17) is 4.74 Å². The lowest BCUT2D eigenvalue weighted by atomic mass is 10.3. The summed E-state index contributed by atoms with van der Waals surface area (Å²) in [7, 11) is 3.75. The summed E-state index contributed by atoms with van der Waals surface area (Å²) in [6.45, 7) is 3.36. The zero-order valence-electron chi connectivity index (χ0n) is 11.1. The summed E-state index contributed by atoms with van der Waals surface area (Å²) in [5.74, 6) is -0.220. The smallest absolute Gasteiger partial charge is 0.183 e. The number of hydrogen-bond acceptors (Lipinski definition) is 5. The predicted octanol–water partition coefficient (Wildman–Crippen LogP) is 2.43. The Kier molecular flexibility index (Phi) is 5.07. The van der Waals surface area contributed by atoms with Crippen molar-refractivity contribution in [3.05, 3.63) is 24.0 Å². The molecule has 0 fully saturated rings.